The predicted molar refractivity (Wildman–Crippen MR) is 352 cm³/mol. The van der Waals surface area contributed by atoms with Crippen molar-refractivity contribution in [3.63, 3.8) is 0 Å². The van der Waals surface area contributed by atoms with Crippen LogP contribution in [0.15, 0.2) is 315 Å². The van der Waals surface area contributed by atoms with Gasteiger partial charge in [-0.1, -0.05) is 269 Å². The summed E-state index contributed by atoms with van der Waals surface area (Å²) in [5.74, 6) is 0. The molecule has 2 nitrogen and oxygen atoms in total. The van der Waals surface area contributed by atoms with Crippen LogP contribution in [0.2, 0.25) is 0 Å². The summed E-state index contributed by atoms with van der Waals surface area (Å²) in [4.78, 5) is 5.01. The maximum atomic E-state index is 2.51. The molecule has 0 atom stereocenters. The van der Waals surface area contributed by atoms with Crippen molar-refractivity contribution in [1.82, 2.24) is 0 Å². The van der Waals surface area contributed by atoms with Gasteiger partial charge in [0.05, 0.1) is 16.5 Å². The number of rotatable bonds is 9. The van der Waals surface area contributed by atoms with E-state index in [9.17, 15) is 0 Å². The molecular formula is C83H58N2. The van der Waals surface area contributed by atoms with Crippen LogP contribution in [0.1, 0.15) is 69.5 Å². The van der Waals surface area contributed by atoms with Crippen LogP contribution >= 0.6 is 0 Å². The highest BCUT2D eigenvalue weighted by Gasteiger charge is 2.52. The Morgan fingerprint density at radius 3 is 1.18 bits per heavy atom. The molecule has 0 saturated carbocycles. The minimum atomic E-state index is -0.578. The zero-order valence-electron chi connectivity index (χ0n) is 47.4. The molecule has 0 heterocycles. The van der Waals surface area contributed by atoms with Gasteiger partial charge in [0.15, 0.2) is 0 Å². The molecule has 0 fully saturated rings. The van der Waals surface area contributed by atoms with Gasteiger partial charge >= 0.3 is 0 Å². The summed E-state index contributed by atoms with van der Waals surface area (Å²) < 4.78 is 0. The Morgan fingerprint density at radius 1 is 0.212 bits per heavy atom. The van der Waals surface area contributed by atoms with Crippen LogP contribution in [0.25, 0.3) is 55.6 Å². The normalized spacial score (nSPS) is 14.3. The van der Waals surface area contributed by atoms with Crippen LogP contribution in [0.5, 0.6) is 0 Å². The summed E-state index contributed by atoms with van der Waals surface area (Å²) in [5.41, 5.74) is 30.9. The minimum Gasteiger partial charge on any atom is -0.310 e. The van der Waals surface area contributed by atoms with E-state index in [2.05, 4.69) is 339 Å². The van der Waals surface area contributed by atoms with Crippen molar-refractivity contribution in [3.8, 4) is 55.6 Å². The van der Waals surface area contributed by atoms with Gasteiger partial charge in [-0.2, -0.15) is 0 Å². The lowest BCUT2D eigenvalue weighted by molar-refractivity contribution is 0.660. The Balaban J connectivity index is 0.897. The Morgan fingerprint density at radius 2 is 0.588 bits per heavy atom. The van der Waals surface area contributed by atoms with Gasteiger partial charge in [0.25, 0.3) is 0 Å². The number of hydrogen-bond donors (Lipinski definition) is 0. The van der Waals surface area contributed by atoms with Gasteiger partial charge in [-0.25, -0.2) is 0 Å². The van der Waals surface area contributed by atoms with Gasteiger partial charge < -0.3 is 9.80 Å². The van der Waals surface area contributed by atoms with Crippen molar-refractivity contribution >= 4 is 34.1 Å². The van der Waals surface area contributed by atoms with Crippen molar-refractivity contribution < 1.29 is 0 Å². The third-order valence-electron chi connectivity index (χ3n) is 19.3. The molecule has 0 N–H and O–H groups in total. The molecule has 0 aromatic heterocycles. The summed E-state index contributed by atoms with van der Waals surface area (Å²) in [6.45, 7) is 4.77. The van der Waals surface area contributed by atoms with Gasteiger partial charge in [-0.3, -0.25) is 0 Å². The van der Waals surface area contributed by atoms with Gasteiger partial charge in [0.1, 0.15) is 0 Å². The van der Waals surface area contributed by atoms with Crippen LogP contribution in [0.4, 0.5) is 34.1 Å². The third kappa shape index (κ3) is 6.94. The fourth-order valence-corrected chi connectivity index (χ4v) is 15.8. The molecule has 0 amide bonds. The summed E-state index contributed by atoms with van der Waals surface area (Å²) >= 11 is 0. The molecule has 0 unspecified atom stereocenters. The average Bonchev–Trinajstić information content (AvgIpc) is 1.60. The number of nitrogens with zero attached hydrogens (tertiary/aromatic N) is 2. The summed E-state index contributed by atoms with van der Waals surface area (Å²) in [6.07, 6.45) is 0. The Bertz CT molecular complexity index is 4740. The van der Waals surface area contributed by atoms with Crippen LogP contribution in [0.3, 0.4) is 0 Å². The average molecular weight is 1080 g/mol. The van der Waals surface area contributed by atoms with E-state index in [1.165, 1.54) is 100 Å². The highest BCUT2D eigenvalue weighted by molar-refractivity contribution is 5.98. The lowest BCUT2D eigenvalue weighted by atomic mass is 9.67. The van der Waals surface area contributed by atoms with Crippen LogP contribution in [-0.2, 0) is 16.2 Å². The maximum Gasteiger partial charge on any atom is 0.0725 e. The highest BCUT2D eigenvalue weighted by atomic mass is 15.2. The topological polar surface area (TPSA) is 6.48 Å². The number of benzene rings is 13. The van der Waals surface area contributed by atoms with Gasteiger partial charge in [-0.15, -0.1) is 0 Å². The van der Waals surface area contributed by atoms with Crippen molar-refractivity contribution in [2.75, 3.05) is 9.80 Å². The number of para-hydroxylation sites is 1. The van der Waals surface area contributed by atoms with E-state index in [1.54, 1.807) is 0 Å². The van der Waals surface area contributed by atoms with Gasteiger partial charge in [0, 0.05) is 39.4 Å². The minimum absolute atomic E-state index is 0.211. The lowest BCUT2D eigenvalue weighted by Gasteiger charge is -2.35. The molecule has 0 aliphatic heterocycles. The van der Waals surface area contributed by atoms with E-state index < -0.39 is 10.8 Å². The van der Waals surface area contributed by atoms with Crippen molar-refractivity contribution in [2.24, 2.45) is 0 Å². The Kier molecular flexibility index (Phi) is 10.8. The van der Waals surface area contributed by atoms with Crippen LogP contribution in [-0.4, -0.2) is 0 Å². The first-order valence-electron chi connectivity index (χ1n) is 29.8. The molecular weight excluding hydrogens is 1020 g/mol. The first kappa shape index (κ1) is 49.1. The molecule has 13 aromatic carbocycles. The molecule has 0 radical (unpaired) electrons. The summed E-state index contributed by atoms with van der Waals surface area (Å²) in [5, 5.41) is 0. The quantitative estimate of drug-likeness (QED) is 0.142. The van der Waals surface area contributed by atoms with E-state index in [-0.39, 0.29) is 5.41 Å². The monoisotopic (exact) mass is 1080 g/mol. The lowest BCUT2D eigenvalue weighted by Crippen LogP contribution is -2.28. The smallest absolute Gasteiger partial charge is 0.0725 e. The summed E-state index contributed by atoms with van der Waals surface area (Å²) in [6, 6.07) is 118. The van der Waals surface area contributed by atoms with Gasteiger partial charge in [-0.05, 0) is 166 Å². The maximum absolute atomic E-state index is 2.51. The molecule has 2 heteroatoms. The molecule has 4 aliphatic carbocycles. The standard InChI is InChI=1S/C83H58N2/c1-81(2)72-40-16-9-34-64(72)70-49-47-62(54-79(70)81)84(58-30-23-29-57(51-58)82(56-27-7-4-8-28-56)73-41-17-10-35-65(73)66-36-11-18-42-74(66)82)59-31-24-32-60(52-59)85(80-46-22-15-33-63(80)55-25-5-3-6-26-55)61-48-50-78-71(53-61)69-39-14-21-45-77(69)83(78)75-43-19-12-37-67(75)68-38-13-20-44-76(68)83/h3-54H,1-2H3. The second-order valence-corrected chi connectivity index (χ2v) is 23.8. The van der Waals surface area contributed by atoms with Crippen molar-refractivity contribution in [2.45, 2.75) is 30.1 Å². The summed E-state index contributed by atoms with van der Waals surface area (Å²) in [7, 11) is 0. The predicted octanol–water partition coefficient (Wildman–Crippen LogP) is 21.3. The second kappa shape index (κ2) is 18.7. The SMILES string of the molecule is CC1(C)c2ccccc2-c2ccc(N(c3cccc(N(c4ccc5c(c4)-c4ccccc4C54c5ccccc5-c5ccccc54)c4ccccc4-c4ccccc4)c3)c3cccc(C4(c5ccccc5)c5ccccc5-c5ccccc54)c3)cc21. The highest BCUT2D eigenvalue weighted by Crippen LogP contribution is 2.64. The fourth-order valence-electron chi connectivity index (χ4n) is 15.8. The molecule has 400 valence electrons. The molecule has 0 bridgehead atoms. The van der Waals surface area contributed by atoms with Gasteiger partial charge in [0.2, 0.25) is 0 Å². The van der Waals surface area contributed by atoms with Crippen molar-refractivity contribution in [3.05, 3.63) is 371 Å². The fraction of sp³-hybridized carbons (Fsp3) is 0.0602. The molecule has 13 aromatic rings. The van der Waals surface area contributed by atoms with E-state index >= 15 is 0 Å². The number of hydrogen-bond acceptors (Lipinski definition) is 2. The Labute approximate surface area is 497 Å². The second-order valence-electron chi connectivity index (χ2n) is 23.8. The Hall–Kier alpha value is -10.5. The molecule has 17 rings (SSSR count). The zero-order chi connectivity index (χ0) is 56.4. The van der Waals surface area contributed by atoms with E-state index in [4.69, 9.17) is 0 Å². The van der Waals surface area contributed by atoms with Crippen LogP contribution < -0.4 is 9.80 Å². The molecule has 0 saturated heterocycles. The molecule has 4 aliphatic rings. The number of fused-ring (bicyclic) bond motifs is 16. The largest absolute Gasteiger partial charge is 0.310 e. The van der Waals surface area contributed by atoms with E-state index in [1.807, 2.05) is 0 Å². The van der Waals surface area contributed by atoms with Crippen LogP contribution in [0, 0.1) is 0 Å². The van der Waals surface area contributed by atoms with Crippen molar-refractivity contribution in [1.29, 1.82) is 0 Å². The third-order valence-corrected chi connectivity index (χ3v) is 19.3. The van der Waals surface area contributed by atoms with E-state index in [0.717, 1.165) is 45.3 Å². The van der Waals surface area contributed by atoms with E-state index in [0.29, 0.717) is 0 Å². The zero-order valence-corrected chi connectivity index (χ0v) is 47.4. The first-order valence-corrected chi connectivity index (χ1v) is 29.8. The first-order chi connectivity index (χ1) is 41.9. The molecule has 1 spiro atoms. The number of anilines is 6. The molecule has 85 heavy (non-hydrogen) atoms.